The SMILES string of the molecule is CC(C)(C)c1ccc2c(c1)c1cc(-c3ccccc3)ccc1n2-c1c(C#N)cc(-c2ccc3c(c2)C2(c4ccccc4-3)c3ccccc3-c3ccc(-c4cc(C#N)c(-n5c6ccc(-c7ccccc7)cc6c6cc(C(C)(C)C)ccc65)c(C#N)c4)cc32)cc1C#N. The predicted molar refractivity (Wildman–Crippen MR) is 369 cm³/mol. The number of hydrogen-bond acceptors (Lipinski definition) is 4. The van der Waals surface area contributed by atoms with Crippen molar-refractivity contribution in [2.24, 2.45) is 0 Å². The molecule has 6 heteroatoms. The van der Waals surface area contributed by atoms with Gasteiger partial charge in [0.2, 0.25) is 0 Å². The summed E-state index contributed by atoms with van der Waals surface area (Å²) >= 11 is 0. The number of hydrogen-bond donors (Lipinski definition) is 0. The Labute approximate surface area is 529 Å². The third-order valence-corrected chi connectivity index (χ3v) is 19.4. The van der Waals surface area contributed by atoms with Gasteiger partial charge in [0.25, 0.3) is 0 Å². The van der Waals surface area contributed by atoms with Crippen LogP contribution in [0.15, 0.2) is 243 Å². The van der Waals surface area contributed by atoms with Crippen molar-refractivity contribution in [3.05, 3.63) is 298 Å². The summed E-state index contributed by atoms with van der Waals surface area (Å²) in [6, 6.07) is 95.6. The molecule has 0 saturated carbocycles. The van der Waals surface area contributed by atoms with E-state index in [1.807, 2.05) is 36.4 Å². The second-order valence-corrected chi connectivity index (χ2v) is 26.5. The quantitative estimate of drug-likeness (QED) is 0.165. The first-order valence-corrected chi connectivity index (χ1v) is 30.9. The van der Waals surface area contributed by atoms with Crippen molar-refractivity contribution in [1.29, 1.82) is 21.0 Å². The van der Waals surface area contributed by atoms with Crippen molar-refractivity contribution in [3.8, 4) is 102 Å². The van der Waals surface area contributed by atoms with Gasteiger partial charge in [-0.1, -0.05) is 199 Å². The molecule has 2 aromatic heterocycles. The lowest BCUT2D eigenvalue weighted by atomic mass is 9.70. The first-order chi connectivity index (χ1) is 44.2. The fraction of sp³-hybridized carbons (Fsp3) is 0.106. The minimum Gasteiger partial charge on any atom is -0.307 e. The Kier molecular flexibility index (Phi) is 12.1. The Hall–Kier alpha value is -11.8. The van der Waals surface area contributed by atoms with E-state index in [4.69, 9.17) is 0 Å². The lowest BCUT2D eigenvalue weighted by Gasteiger charge is -2.31. The van der Waals surface area contributed by atoms with Gasteiger partial charge >= 0.3 is 0 Å². The first kappa shape index (κ1) is 54.6. The van der Waals surface area contributed by atoms with Crippen molar-refractivity contribution in [3.63, 3.8) is 0 Å². The molecule has 0 amide bonds. The molecule has 0 saturated heterocycles. The van der Waals surface area contributed by atoms with E-state index in [-0.39, 0.29) is 10.8 Å². The molecule has 2 aliphatic rings. The molecule has 0 bridgehead atoms. The van der Waals surface area contributed by atoms with Crippen LogP contribution in [0.3, 0.4) is 0 Å². The van der Waals surface area contributed by atoms with Crippen LogP contribution >= 0.6 is 0 Å². The van der Waals surface area contributed by atoms with Gasteiger partial charge < -0.3 is 9.13 Å². The average molecular weight is 1160 g/mol. The Morgan fingerprint density at radius 2 is 0.582 bits per heavy atom. The molecular formula is C85H58N6. The Morgan fingerprint density at radius 1 is 0.275 bits per heavy atom. The zero-order valence-corrected chi connectivity index (χ0v) is 51.3. The van der Waals surface area contributed by atoms with Gasteiger partial charge in [0.05, 0.1) is 61.1 Å². The summed E-state index contributed by atoms with van der Waals surface area (Å²) < 4.78 is 4.23. The largest absolute Gasteiger partial charge is 0.307 e. The maximum atomic E-state index is 11.4. The number of nitriles is 4. The minimum atomic E-state index is -0.795. The fourth-order valence-electron chi connectivity index (χ4n) is 15.0. The Bertz CT molecular complexity index is 5230. The van der Waals surface area contributed by atoms with Crippen molar-refractivity contribution in [2.75, 3.05) is 0 Å². The van der Waals surface area contributed by atoms with Gasteiger partial charge in [-0.05, 0) is 196 Å². The molecule has 2 heterocycles. The van der Waals surface area contributed by atoms with Gasteiger partial charge in [-0.25, -0.2) is 0 Å². The van der Waals surface area contributed by atoms with E-state index in [1.165, 1.54) is 11.1 Å². The maximum absolute atomic E-state index is 11.4. The molecule has 0 atom stereocenters. The minimum absolute atomic E-state index is 0.114. The predicted octanol–water partition coefficient (Wildman–Crippen LogP) is 21.0. The van der Waals surface area contributed by atoms with Crippen LogP contribution in [-0.4, -0.2) is 9.13 Å². The standard InChI is InChI=1S/C85H58N6/c1-83(2,3)63-29-35-79-71(45-63)69-41-53(51-17-9-7-10-18-51)27-33-77(69)90(79)81-59(47-86)37-57(38-60(81)48-87)55-25-31-67-65-21-13-15-23-73(65)85(75(67)43-55)74-24-16-14-22-66(74)68-32-26-56(44-76(68)85)58-39-61(49-88)82(62(40-58)50-89)91-78-34-28-54(52-19-11-8-12-20-52)42-70(78)72-46-64(84(4,5)6)30-36-80(72)91/h7-46H,1-6H3. The molecule has 2 aliphatic carbocycles. The van der Waals surface area contributed by atoms with E-state index in [2.05, 4.69) is 281 Å². The summed E-state index contributed by atoms with van der Waals surface area (Å²) in [7, 11) is 0. The highest BCUT2D eigenvalue weighted by Crippen LogP contribution is 2.64. The average Bonchev–Trinajstić information content (AvgIpc) is 1.53. The van der Waals surface area contributed by atoms with Crippen LogP contribution in [0.2, 0.25) is 0 Å². The van der Waals surface area contributed by atoms with E-state index in [9.17, 15) is 21.0 Å². The first-order valence-electron chi connectivity index (χ1n) is 30.9. The highest BCUT2D eigenvalue weighted by Gasteiger charge is 2.52. The van der Waals surface area contributed by atoms with Gasteiger partial charge in [0, 0.05) is 21.5 Å². The smallest absolute Gasteiger partial charge is 0.101 e. The maximum Gasteiger partial charge on any atom is 0.101 e. The molecule has 0 radical (unpaired) electrons. The van der Waals surface area contributed by atoms with Crippen molar-refractivity contribution in [2.45, 2.75) is 57.8 Å². The molecule has 0 fully saturated rings. The summed E-state index contributed by atoms with van der Waals surface area (Å²) in [6.07, 6.45) is 0. The second-order valence-electron chi connectivity index (χ2n) is 26.5. The topological polar surface area (TPSA) is 105 Å². The van der Waals surface area contributed by atoms with Crippen LogP contribution in [-0.2, 0) is 16.2 Å². The molecule has 6 nitrogen and oxygen atoms in total. The summed E-state index contributed by atoms with van der Waals surface area (Å²) in [5.74, 6) is 0. The lowest BCUT2D eigenvalue weighted by Crippen LogP contribution is -2.26. The van der Waals surface area contributed by atoms with E-state index in [0.717, 1.165) is 133 Å². The molecule has 0 aliphatic heterocycles. The third kappa shape index (κ3) is 8.14. The van der Waals surface area contributed by atoms with Crippen molar-refractivity contribution < 1.29 is 0 Å². The van der Waals surface area contributed by atoms with E-state index in [1.54, 1.807) is 0 Å². The van der Waals surface area contributed by atoms with E-state index < -0.39 is 5.41 Å². The van der Waals surface area contributed by atoms with Crippen LogP contribution in [0.25, 0.3) is 122 Å². The molecule has 14 aromatic rings. The van der Waals surface area contributed by atoms with E-state index >= 15 is 0 Å². The van der Waals surface area contributed by atoms with Crippen LogP contribution < -0.4 is 0 Å². The van der Waals surface area contributed by atoms with Gasteiger partial charge in [-0.15, -0.1) is 0 Å². The normalized spacial score (nSPS) is 12.8. The zero-order chi connectivity index (χ0) is 62.2. The van der Waals surface area contributed by atoms with Gasteiger partial charge in [-0.2, -0.15) is 21.0 Å². The van der Waals surface area contributed by atoms with Crippen LogP contribution in [0, 0.1) is 45.3 Å². The fourth-order valence-corrected chi connectivity index (χ4v) is 15.0. The molecule has 12 aromatic carbocycles. The highest BCUT2D eigenvalue weighted by atomic mass is 15.0. The van der Waals surface area contributed by atoms with Crippen LogP contribution in [0.4, 0.5) is 0 Å². The number of nitrogens with zero attached hydrogens (tertiary/aromatic N) is 6. The van der Waals surface area contributed by atoms with Gasteiger partial charge in [0.15, 0.2) is 0 Å². The monoisotopic (exact) mass is 1160 g/mol. The van der Waals surface area contributed by atoms with Gasteiger partial charge in [0.1, 0.15) is 24.3 Å². The molecule has 16 rings (SSSR count). The highest BCUT2D eigenvalue weighted by molar-refractivity contribution is 6.13. The number of fused-ring (bicyclic) bond motifs is 16. The summed E-state index contributed by atoms with van der Waals surface area (Å²) in [5.41, 5.74) is 24.3. The summed E-state index contributed by atoms with van der Waals surface area (Å²) in [4.78, 5) is 0. The Balaban J connectivity index is 0.861. The van der Waals surface area contributed by atoms with Crippen molar-refractivity contribution in [1.82, 2.24) is 9.13 Å². The summed E-state index contributed by atoms with van der Waals surface area (Å²) in [6.45, 7) is 13.3. The number of benzene rings is 12. The molecule has 1 spiro atoms. The second kappa shape index (κ2) is 20.1. The third-order valence-electron chi connectivity index (χ3n) is 19.4. The number of aromatic nitrogens is 2. The summed E-state index contributed by atoms with van der Waals surface area (Å²) in [5, 5.41) is 49.6. The number of rotatable bonds is 6. The van der Waals surface area contributed by atoms with Crippen molar-refractivity contribution >= 4 is 43.6 Å². The molecule has 0 N–H and O–H groups in total. The lowest BCUT2D eigenvalue weighted by molar-refractivity contribution is 0.591. The Morgan fingerprint density at radius 3 is 0.945 bits per heavy atom. The van der Waals surface area contributed by atoms with Crippen LogP contribution in [0.1, 0.15) is 97.2 Å². The van der Waals surface area contributed by atoms with Crippen LogP contribution in [0.5, 0.6) is 0 Å². The molecule has 91 heavy (non-hydrogen) atoms. The molecule has 0 unspecified atom stereocenters. The molecule has 428 valence electrons. The zero-order valence-electron chi connectivity index (χ0n) is 51.3. The van der Waals surface area contributed by atoms with E-state index in [0.29, 0.717) is 33.6 Å². The molecular weight excluding hydrogens is 1100 g/mol. The van der Waals surface area contributed by atoms with Gasteiger partial charge in [-0.3, -0.25) is 0 Å².